The zero-order valence-corrected chi connectivity index (χ0v) is 12.8. The molecule has 20 heavy (non-hydrogen) atoms. The van der Waals surface area contributed by atoms with Gasteiger partial charge in [-0.2, -0.15) is 0 Å². The van der Waals surface area contributed by atoms with Crippen molar-refractivity contribution in [1.82, 2.24) is 10.6 Å². The van der Waals surface area contributed by atoms with Gasteiger partial charge in [-0.1, -0.05) is 6.92 Å². The Morgan fingerprint density at radius 2 is 1.85 bits per heavy atom. The van der Waals surface area contributed by atoms with Crippen LogP contribution in [0, 0.1) is 11.8 Å². The standard InChI is InChI=1S/C16H30N2O2/c1-13-3-5-14(6-4-13)16(19)18-9-2-12-20-15-7-10-17-11-8-15/h13-15,17H,2-12H2,1H3,(H,18,19). The molecule has 0 atom stereocenters. The van der Waals surface area contributed by atoms with Crippen LogP contribution in [0.3, 0.4) is 0 Å². The maximum absolute atomic E-state index is 12.0. The molecule has 1 saturated heterocycles. The topological polar surface area (TPSA) is 50.4 Å². The molecule has 0 bridgehead atoms. The molecular formula is C16H30N2O2. The van der Waals surface area contributed by atoms with Gasteiger partial charge >= 0.3 is 0 Å². The van der Waals surface area contributed by atoms with Crippen molar-refractivity contribution in [3.05, 3.63) is 0 Å². The van der Waals surface area contributed by atoms with Crippen molar-refractivity contribution in [2.45, 2.75) is 58.0 Å². The largest absolute Gasteiger partial charge is 0.378 e. The first-order valence-corrected chi connectivity index (χ1v) is 8.35. The van der Waals surface area contributed by atoms with Gasteiger partial charge in [-0.3, -0.25) is 4.79 Å². The van der Waals surface area contributed by atoms with Gasteiger partial charge in [0.05, 0.1) is 6.10 Å². The summed E-state index contributed by atoms with van der Waals surface area (Å²) in [7, 11) is 0. The highest BCUT2D eigenvalue weighted by molar-refractivity contribution is 5.78. The van der Waals surface area contributed by atoms with E-state index in [2.05, 4.69) is 17.6 Å². The van der Waals surface area contributed by atoms with Crippen molar-refractivity contribution in [3.63, 3.8) is 0 Å². The molecule has 1 aliphatic heterocycles. The molecule has 1 aliphatic carbocycles. The van der Waals surface area contributed by atoms with Crippen molar-refractivity contribution in [2.24, 2.45) is 11.8 Å². The lowest BCUT2D eigenvalue weighted by Gasteiger charge is -2.25. The molecule has 2 rings (SSSR count). The summed E-state index contributed by atoms with van der Waals surface area (Å²) in [5.74, 6) is 1.33. The minimum Gasteiger partial charge on any atom is -0.378 e. The van der Waals surface area contributed by atoms with Crippen LogP contribution in [0.25, 0.3) is 0 Å². The Morgan fingerprint density at radius 1 is 1.15 bits per heavy atom. The highest BCUT2D eigenvalue weighted by Gasteiger charge is 2.23. The fourth-order valence-corrected chi connectivity index (χ4v) is 3.16. The number of amides is 1. The third-order valence-corrected chi connectivity index (χ3v) is 4.65. The van der Waals surface area contributed by atoms with Crippen LogP contribution in [-0.4, -0.2) is 38.3 Å². The molecule has 2 fully saturated rings. The molecule has 2 aliphatic rings. The third-order valence-electron chi connectivity index (χ3n) is 4.65. The van der Waals surface area contributed by atoms with Gasteiger partial charge in [-0.05, 0) is 64.0 Å². The molecule has 4 nitrogen and oxygen atoms in total. The van der Waals surface area contributed by atoms with Gasteiger partial charge in [0.15, 0.2) is 0 Å². The molecule has 0 unspecified atom stereocenters. The molecule has 116 valence electrons. The highest BCUT2D eigenvalue weighted by atomic mass is 16.5. The first-order valence-electron chi connectivity index (χ1n) is 8.35. The van der Waals surface area contributed by atoms with Crippen LogP contribution in [0.4, 0.5) is 0 Å². The molecule has 2 N–H and O–H groups in total. The maximum Gasteiger partial charge on any atom is 0.223 e. The van der Waals surface area contributed by atoms with E-state index >= 15 is 0 Å². The summed E-state index contributed by atoms with van der Waals surface area (Å²) < 4.78 is 5.83. The molecule has 1 amide bonds. The Hall–Kier alpha value is -0.610. The fourth-order valence-electron chi connectivity index (χ4n) is 3.16. The smallest absolute Gasteiger partial charge is 0.223 e. The minimum absolute atomic E-state index is 0.261. The number of ether oxygens (including phenoxy) is 1. The number of carbonyl (C=O) groups is 1. The van der Waals surface area contributed by atoms with Gasteiger partial charge in [-0.25, -0.2) is 0 Å². The van der Waals surface area contributed by atoms with Crippen LogP contribution >= 0.6 is 0 Å². The number of carbonyl (C=O) groups excluding carboxylic acids is 1. The molecule has 0 spiro atoms. The van der Waals surface area contributed by atoms with Gasteiger partial charge in [0.25, 0.3) is 0 Å². The number of hydrogen-bond donors (Lipinski definition) is 2. The molecule has 0 aromatic carbocycles. The lowest BCUT2D eigenvalue weighted by Crippen LogP contribution is -2.35. The van der Waals surface area contributed by atoms with E-state index in [1.54, 1.807) is 0 Å². The lowest BCUT2D eigenvalue weighted by atomic mass is 9.82. The van der Waals surface area contributed by atoms with Crippen LogP contribution in [0.2, 0.25) is 0 Å². The van der Waals surface area contributed by atoms with Crippen molar-refractivity contribution in [3.8, 4) is 0 Å². The first-order chi connectivity index (χ1) is 9.75. The van der Waals surface area contributed by atoms with Crippen LogP contribution in [0.1, 0.15) is 51.9 Å². The second kappa shape index (κ2) is 8.63. The second-order valence-electron chi connectivity index (χ2n) is 6.42. The maximum atomic E-state index is 12.0. The van der Waals surface area contributed by atoms with Crippen molar-refractivity contribution in [1.29, 1.82) is 0 Å². The van der Waals surface area contributed by atoms with E-state index in [-0.39, 0.29) is 11.8 Å². The summed E-state index contributed by atoms with van der Waals surface area (Å²) >= 11 is 0. The molecule has 0 aromatic heterocycles. The van der Waals surface area contributed by atoms with Crippen LogP contribution < -0.4 is 10.6 Å². The highest BCUT2D eigenvalue weighted by Crippen LogP contribution is 2.28. The van der Waals surface area contributed by atoms with Gasteiger partial charge in [0.1, 0.15) is 0 Å². The van der Waals surface area contributed by atoms with Crippen molar-refractivity contribution in [2.75, 3.05) is 26.2 Å². The number of hydrogen-bond acceptors (Lipinski definition) is 3. The van der Waals surface area contributed by atoms with Gasteiger partial charge in [0, 0.05) is 19.1 Å². The van der Waals surface area contributed by atoms with Crippen LogP contribution in [-0.2, 0) is 9.53 Å². The molecule has 1 heterocycles. The summed E-state index contributed by atoms with van der Waals surface area (Å²) in [5.41, 5.74) is 0. The summed E-state index contributed by atoms with van der Waals surface area (Å²) in [6, 6.07) is 0. The van der Waals surface area contributed by atoms with Crippen molar-refractivity contribution >= 4 is 5.91 Å². The van der Waals surface area contributed by atoms with E-state index < -0.39 is 0 Å². The van der Waals surface area contributed by atoms with Crippen LogP contribution in [0.15, 0.2) is 0 Å². The monoisotopic (exact) mass is 282 g/mol. The zero-order chi connectivity index (χ0) is 14.2. The van der Waals surface area contributed by atoms with E-state index in [0.29, 0.717) is 6.10 Å². The molecule has 1 saturated carbocycles. The summed E-state index contributed by atoms with van der Waals surface area (Å²) in [6.07, 6.45) is 8.13. The fraction of sp³-hybridized carbons (Fsp3) is 0.938. The Bertz CT molecular complexity index is 282. The number of rotatable bonds is 6. The summed E-state index contributed by atoms with van der Waals surface area (Å²) in [6.45, 7) is 5.96. The number of piperidine rings is 1. The average molecular weight is 282 g/mol. The van der Waals surface area contributed by atoms with E-state index in [4.69, 9.17) is 4.74 Å². The number of nitrogens with one attached hydrogen (secondary N) is 2. The quantitative estimate of drug-likeness (QED) is 0.733. The van der Waals surface area contributed by atoms with E-state index in [1.807, 2.05) is 0 Å². The Kier molecular flexibility index (Phi) is 6.80. The van der Waals surface area contributed by atoms with Gasteiger partial charge < -0.3 is 15.4 Å². The molecule has 0 aromatic rings. The average Bonchev–Trinajstić information content (AvgIpc) is 2.48. The third kappa shape index (κ3) is 5.41. The first kappa shape index (κ1) is 15.8. The Labute approximate surface area is 123 Å². The van der Waals surface area contributed by atoms with Crippen molar-refractivity contribution < 1.29 is 9.53 Å². The van der Waals surface area contributed by atoms with Crippen LogP contribution in [0.5, 0.6) is 0 Å². The molecular weight excluding hydrogens is 252 g/mol. The summed E-state index contributed by atoms with van der Waals surface area (Å²) in [4.78, 5) is 12.0. The van der Waals surface area contributed by atoms with Gasteiger partial charge in [0.2, 0.25) is 5.91 Å². The zero-order valence-electron chi connectivity index (χ0n) is 12.8. The lowest BCUT2D eigenvalue weighted by molar-refractivity contribution is -0.126. The Morgan fingerprint density at radius 3 is 2.55 bits per heavy atom. The summed E-state index contributed by atoms with van der Waals surface area (Å²) in [5, 5.41) is 6.41. The SMILES string of the molecule is CC1CCC(C(=O)NCCCOC2CCNCC2)CC1. The van der Waals surface area contributed by atoms with Gasteiger partial charge in [-0.15, -0.1) is 0 Å². The predicted molar refractivity (Wildman–Crippen MR) is 80.6 cm³/mol. The predicted octanol–water partition coefficient (Wildman–Crippen LogP) is 2.09. The van der Waals surface area contributed by atoms with E-state index in [9.17, 15) is 4.79 Å². The second-order valence-corrected chi connectivity index (χ2v) is 6.42. The minimum atomic E-state index is 0.261. The van der Waals surface area contributed by atoms with E-state index in [1.165, 1.54) is 12.8 Å². The van der Waals surface area contributed by atoms with E-state index in [0.717, 1.165) is 64.3 Å². The normalized spacial score (nSPS) is 28.2. The Balaban J connectivity index is 1.49. The molecule has 0 radical (unpaired) electrons. The molecule has 4 heteroatoms.